The van der Waals surface area contributed by atoms with Gasteiger partial charge in [0.15, 0.2) is 11.5 Å². The molecule has 1 saturated heterocycles. The molecule has 25 heavy (non-hydrogen) atoms. The van der Waals surface area contributed by atoms with Gasteiger partial charge in [0.1, 0.15) is 5.82 Å². The second-order valence-electron chi connectivity index (χ2n) is 6.12. The Balaban J connectivity index is 1.28. The molecule has 3 heterocycles. The number of aromatic nitrogens is 2. The van der Waals surface area contributed by atoms with Crippen LogP contribution in [0.3, 0.4) is 0 Å². The highest BCUT2D eigenvalue weighted by molar-refractivity contribution is 5.76. The van der Waals surface area contributed by atoms with Crippen molar-refractivity contribution in [3.05, 3.63) is 42.4 Å². The van der Waals surface area contributed by atoms with E-state index in [1.165, 1.54) is 0 Å². The van der Waals surface area contributed by atoms with E-state index in [2.05, 4.69) is 14.9 Å². The number of aryl methyl sites for hydroxylation is 1. The zero-order valence-corrected chi connectivity index (χ0v) is 13.9. The molecule has 4 rings (SSSR count). The Hall–Kier alpha value is -2.83. The summed E-state index contributed by atoms with van der Waals surface area (Å²) in [5.74, 6) is 2.60. The van der Waals surface area contributed by atoms with Crippen LogP contribution in [0.25, 0.3) is 0 Å². The van der Waals surface area contributed by atoms with Crippen molar-refractivity contribution in [2.45, 2.75) is 12.8 Å². The van der Waals surface area contributed by atoms with Crippen molar-refractivity contribution in [2.75, 3.05) is 37.9 Å². The predicted octanol–water partition coefficient (Wildman–Crippen LogP) is 1.49. The van der Waals surface area contributed by atoms with E-state index in [0.717, 1.165) is 49.1 Å². The Morgan fingerprint density at radius 2 is 1.92 bits per heavy atom. The quantitative estimate of drug-likeness (QED) is 0.840. The van der Waals surface area contributed by atoms with Crippen molar-refractivity contribution in [1.29, 1.82) is 0 Å². The van der Waals surface area contributed by atoms with Crippen LogP contribution < -0.4 is 14.4 Å². The fourth-order valence-corrected chi connectivity index (χ4v) is 3.15. The minimum atomic E-state index is 0.191. The van der Waals surface area contributed by atoms with Crippen molar-refractivity contribution >= 4 is 11.7 Å². The number of nitrogens with zero attached hydrogens (tertiary/aromatic N) is 4. The van der Waals surface area contributed by atoms with Gasteiger partial charge in [-0.25, -0.2) is 4.98 Å². The summed E-state index contributed by atoms with van der Waals surface area (Å²) in [4.78, 5) is 25.0. The van der Waals surface area contributed by atoms with E-state index in [4.69, 9.17) is 9.47 Å². The van der Waals surface area contributed by atoms with E-state index in [1.807, 2.05) is 23.1 Å². The summed E-state index contributed by atoms with van der Waals surface area (Å²) < 4.78 is 10.7. The van der Waals surface area contributed by atoms with Crippen molar-refractivity contribution in [2.24, 2.45) is 0 Å². The zero-order valence-electron chi connectivity index (χ0n) is 13.9. The molecule has 1 fully saturated rings. The van der Waals surface area contributed by atoms with E-state index in [9.17, 15) is 4.79 Å². The lowest BCUT2D eigenvalue weighted by molar-refractivity contribution is -0.131. The van der Waals surface area contributed by atoms with Gasteiger partial charge in [-0.3, -0.25) is 9.78 Å². The predicted molar refractivity (Wildman–Crippen MR) is 91.7 cm³/mol. The molecule has 7 heteroatoms. The molecule has 2 aliphatic heterocycles. The highest BCUT2D eigenvalue weighted by Gasteiger charge is 2.22. The maximum atomic E-state index is 12.5. The molecule has 0 atom stereocenters. The molecule has 1 aromatic carbocycles. The summed E-state index contributed by atoms with van der Waals surface area (Å²) >= 11 is 0. The third-order valence-electron chi connectivity index (χ3n) is 4.57. The number of hydrogen-bond donors (Lipinski definition) is 0. The molecule has 7 nitrogen and oxygen atoms in total. The summed E-state index contributed by atoms with van der Waals surface area (Å²) in [5, 5.41) is 0. The lowest BCUT2D eigenvalue weighted by Crippen LogP contribution is -2.49. The minimum Gasteiger partial charge on any atom is -0.454 e. The Kier molecular flexibility index (Phi) is 4.37. The van der Waals surface area contributed by atoms with Crippen molar-refractivity contribution in [3.63, 3.8) is 0 Å². The van der Waals surface area contributed by atoms with E-state index in [-0.39, 0.29) is 12.7 Å². The van der Waals surface area contributed by atoms with Crippen LogP contribution in [0.1, 0.15) is 12.0 Å². The van der Waals surface area contributed by atoms with Crippen LogP contribution in [0.5, 0.6) is 11.5 Å². The van der Waals surface area contributed by atoms with E-state index < -0.39 is 0 Å². The van der Waals surface area contributed by atoms with Crippen LogP contribution in [0, 0.1) is 0 Å². The van der Waals surface area contributed by atoms with Gasteiger partial charge < -0.3 is 19.3 Å². The molecule has 1 amide bonds. The maximum Gasteiger partial charge on any atom is 0.231 e. The molecule has 0 spiro atoms. The Morgan fingerprint density at radius 3 is 2.72 bits per heavy atom. The number of ether oxygens (including phenoxy) is 2. The van der Waals surface area contributed by atoms with Gasteiger partial charge in [0.05, 0.1) is 6.20 Å². The van der Waals surface area contributed by atoms with Gasteiger partial charge in [-0.05, 0) is 24.1 Å². The fraction of sp³-hybridized carbons (Fsp3) is 0.389. The molecule has 0 N–H and O–H groups in total. The minimum absolute atomic E-state index is 0.191. The topological polar surface area (TPSA) is 67.8 Å². The first-order valence-corrected chi connectivity index (χ1v) is 8.47. The fourth-order valence-electron chi connectivity index (χ4n) is 3.15. The second kappa shape index (κ2) is 6.96. The average molecular weight is 340 g/mol. The highest BCUT2D eigenvalue weighted by atomic mass is 16.7. The van der Waals surface area contributed by atoms with Gasteiger partial charge in [-0.1, -0.05) is 6.07 Å². The van der Waals surface area contributed by atoms with Gasteiger partial charge >= 0.3 is 0 Å². The van der Waals surface area contributed by atoms with Crippen LogP contribution >= 0.6 is 0 Å². The summed E-state index contributed by atoms with van der Waals surface area (Å²) in [5.41, 5.74) is 1.09. The van der Waals surface area contributed by atoms with Gasteiger partial charge in [-0.2, -0.15) is 0 Å². The smallest absolute Gasteiger partial charge is 0.231 e. The van der Waals surface area contributed by atoms with Crippen LogP contribution in [0.2, 0.25) is 0 Å². The largest absolute Gasteiger partial charge is 0.454 e. The Labute approximate surface area is 146 Å². The first-order valence-electron chi connectivity index (χ1n) is 8.47. The Morgan fingerprint density at radius 1 is 1.08 bits per heavy atom. The zero-order chi connectivity index (χ0) is 17.1. The number of carbonyl (C=O) groups excluding carboxylic acids is 1. The molecule has 2 aliphatic rings. The van der Waals surface area contributed by atoms with Crippen molar-refractivity contribution < 1.29 is 14.3 Å². The number of carbonyl (C=O) groups is 1. The molecule has 0 bridgehead atoms. The number of piperazine rings is 1. The lowest BCUT2D eigenvalue weighted by atomic mass is 10.1. The molecular formula is C18H20N4O3. The number of hydrogen-bond acceptors (Lipinski definition) is 6. The second-order valence-corrected chi connectivity index (χ2v) is 6.12. The first-order chi connectivity index (χ1) is 12.3. The third-order valence-corrected chi connectivity index (χ3v) is 4.57. The maximum absolute atomic E-state index is 12.5. The van der Waals surface area contributed by atoms with E-state index >= 15 is 0 Å². The van der Waals surface area contributed by atoms with Crippen molar-refractivity contribution in [3.8, 4) is 11.5 Å². The number of anilines is 1. The van der Waals surface area contributed by atoms with Crippen molar-refractivity contribution in [1.82, 2.24) is 14.9 Å². The summed E-state index contributed by atoms with van der Waals surface area (Å²) in [6, 6.07) is 5.86. The number of benzene rings is 1. The molecule has 130 valence electrons. The SMILES string of the molecule is O=C(CCc1ccc2c(c1)OCO2)N1CCN(c2cnccn2)CC1. The highest BCUT2D eigenvalue weighted by Crippen LogP contribution is 2.32. The summed E-state index contributed by atoms with van der Waals surface area (Å²) in [6.07, 6.45) is 6.33. The van der Waals surface area contributed by atoms with Gasteiger partial charge in [0, 0.05) is 45.0 Å². The van der Waals surface area contributed by atoms with E-state index in [1.54, 1.807) is 18.6 Å². The van der Waals surface area contributed by atoms with E-state index in [0.29, 0.717) is 12.8 Å². The van der Waals surface area contributed by atoms with Gasteiger partial charge in [0.2, 0.25) is 12.7 Å². The van der Waals surface area contributed by atoms with Crippen LogP contribution in [-0.2, 0) is 11.2 Å². The molecule has 0 aliphatic carbocycles. The number of amides is 1. The molecule has 1 aromatic heterocycles. The molecule has 0 unspecified atom stereocenters. The standard InChI is InChI=1S/C18H20N4O3/c23-18(4-2-14-1-3-15-16(11-14)25-13-24-15)22-9-7-21(8-10-22)17-12-19-5-6-20-17/h1,3,5-6,11-12H,2,4,7-10,13H2. The average Bonchev–Trinajstić information content (AvgIpc) is 3.15. The summed E-state index contributed by atoms with van der Waals surface area (Å²) in [6.45, 7) is 3.28. The van der Waals surface area contributed by atoms with Crippen LogP contribution in [0.15, 0.2) is 36.8 Å². The number of rotatable bonds is 4. The summed E-state index contributed by atoms with van der Waals surface area (Å²) in [7, 11) is 0. The van der Waals surface area contributed by atoms with Gasteiger partial charge in [0.25, 0.3) is 0 Å². The van der Waals surface area contributed by atoms with Gasteiger partial charge in [-0.15, -0.1) is 0 Å². The molecular weight excluding hydrogens is 320 g/mol. The number of fused-ring (bicyclic) bond motifs is 1. The van der Waals surface area contributed by atoms with Crippen LogP contribution in [0.4, 0.5) is 5.82 Å². The monoisotopic (exact) mass is 340 g/mol. The lowest BCUT2D eigenvalue weighted by Gasteiger charge is -2.35. The normalized spacial score (nSPS) is 16.2. The molecule has 2 aromatic rings. The third kappa shape index (κ3) is 3.50. The molecule has 0 saturated carbocycles. The molecule has 0 radical (unpaired) electrons. The van der Waals surface area contributed by atoms with Crippen LogP contribution in [-0.4, -0.2) is 53.7 Å². The first kappa shape index (κ1) is 15.7. The Bertz CT molecular complexity index is 745.